The highest BCUT2D eigenvalue weighted by molar-refractivity contribution is 7.92. The SMILES string of the molecule is CCOC(=O)c1cc(-c2ccc(C(F)(F)F)cc2)[nH]c1-c1ccc(NS(C)(=O)=O)cc1. The summed E-state index contributed by atoms with van der Waals surface area (Å²) < 4.78 is 68.7. The van der Waals surface area contributed by atoms with Gasteiger partial charge in [0.1, 0.15) is 0 Å². The lowest BCUT2D eigenvalue weighted by Crippen LogP contribution is -2.09. The van der Waals surface area contributed by atoms with E-state index >= 15 is 0 Å². The second-order valence-electron chi connectivity index (χ2n) is 6.72. The number of aromatic nitrogens is 1. The van der Waals surface area contributed by atoms with E-state index in [-0.39, 0.29) is 12.2 Å². The number of rotatable bonds is 6. The van der Waals surface area contributed by atoms with E-state index in [1.165, 1.54) is 30.3 Å². The van der Waals surface area contributed by atoms with Gasteiger partial charge in [0.2, 0.25) is 10.0 Å². The number of hydrogen-bond donors (Lipinski definition) is 2. The lowest BCUT2D eigenvalue weighted by molar-refractivity contribution is -0.137. The number of carbonyl (C=O) groups excluding carboxylic acids is 1. The van der Waals surface area contributed by atoms with Crippen LogP contribution in [0.4, 0.5) is 18.9 Å². The maximum absolute atomic E-state index is 12.8. The Morgan fingerprint density at radius 1 is 1.03 bits per heavy atom. The van der Waals surface area contributed by atoms with Crippen LogP contribution in [0.25, 0.3) is 22.5 Å². The number of anilines is 1. The van der Waals surface area contributed by atoms with Crippen LogP contribution in [0, 0.1) is 0 Å². The number of hydrogen-bond acceptors (Lipinski definition) is 4. The number of aromatic amines is 1. The molecule has 0 saturated heterocycles. The summed E-state index contributed by atoms with van der Waals surface area (Å²) in [6.45, 7) is 1.81. The van der Waals surface area contributed by atoms with Crippen molar-refractivity contribution in [2.45, 2.75) is 13.1 Å². The molecule has 3 aromatic rings. The molecule has 0 unspecified atom stereocenters. The molecule has 0 aliphatic carbocycles. The number of benzene rings is 2. The summed E-state index contributed by atoms with van der Waals surface area (Å²) in [5, 5.41) is 0. The summed E-state index contributed by atoms with van der Waals surface area (Å²) in [6.07, 6.45) is -3.42. The van der Waals surface area contributed by atoms with Crippen LogP contribution in [0.5, 0.6) is 0 Å². The molecule has 1 heterocycles. The Morgan fingerprint density at radius 2 is 1.61 bits per heavy atom. The van der Waals surface area contributed by atoms with E-state index in [0.29, 0.717) is 28.2 Å². The van der Waals surface area contributed by atoms with Gasteiger partial charge in [-0.3, -0.25) is 4.72 Å². The van der Waals surface area contributed by atoms with E-state index in [0.717, 1.165) is 18.4 Å². The van der Waals surface area contributed by atoms with Crippen molar-refractivity contribution in [3.63, 3.8) is 0 Å². The number of H-pyrrole nitrogens is 1. The molecule has 164 valence electrons. The van der Waals surface area contributed by atoms with Gasteiger partial charge in [-0.2, -0.15) is 13.2 Å². The Bertz CT molecular complexity index is 1180. The lowest BCUT2D eigenvalue weighted by atomic mass is 10.1. The van der Waals surface area contributed by atoms with Gasteiger partial charge in [0, 0.05) is 11.4 Å². The molecular weight excluding hydrogens is 433 g/mol. The second kappa shape index (κ2) is 8.46. The zero-order chi connectivity index (χ0) is 22.8. The van der Waals surface area contributed by atoms with Crippen LogP contribution in [-0.4, -0.2) is 32.2 Å². The van der Waals surface area contributed by atoms with Crippen LogP contribution in [0.15, 0.2) is 54.6 Å². The first-order valence-corrected chi connectivity index (χ1v) is 11.0. The third-order valence-corrected chi connectivity index (χ3v) is 4.92. The molecule has 31 heavy (non-hydrogen) atoms. The fraction of sp³-hybridized carbons (Fsp3) is 0.190. The molecule has 0 radical (unpaired) electrons. The molecule has 0 aliphatic rings. The van der Waals surface area contributed by atoms with Gasteiger partial charge in [0.25, 0.3) is 0 Å². The first-order chi connectivity index (χ1) is 14.5. The second-order valence-corrected chi connectivity index (χ2v) is 8.47. The van der Waals surface area contributed by atoms with E-state index < -0.39 is 27.7 Å². The van der Waals surface area contributed by atoms with E-state index in [1.54, 1.807) is 19.1 Å². The van der Waals surface area contributed by atoms with E-state index in [4.69, 9.17) is 4.74 Å². The highest BCUT2D eigenvalue weighted by Gasteiger charge is 2.30. The molecule has 2 aromatic carbocycles. The highest BCUT2D eigenvalue weighted by Crippen LogP contribution is 2.33. The zero-order valence-electron chi connectivity index (χ0n) is 16.6. The van der Waals surface area contributed by atoms with Crippen LogP contribution in [0.2, 0.25) is 0 Å². The van der Waals surface area contributed by atoms with Gasteiger partial charge in [-0.1, -0.05) is 24.3 Å². The van der Waals surface area contributed by atoms with Gasteiger partial charge < -0.3 is 9.72 Å². The topological polar surface area (TPSA) is 88.3 Å². The van der Waals surface area contributed by atoms with Gasteiger partial charge in [-0.25, -0.2) is 13.2 Å². The molecule has 10 heteroatoms. The largest absolute Gasteiger partial charge is 0.462 e. The van der Waals surface area contributed by atoms with Crippen LogP contribution < -0.4 is 4.72 Å². The van der Waals surface area contributed by atoms with Gasteiger partial charge in [0.05, 0.1) is 29.7 Å². The standard InChI is InChI=1S/C21H19F3N2O4S/c1-3-30-20(27)17-12-18(13-4-8-15(9-5-13)21(22,23)24)25-19(17)14-6-10-16(11-7-14)26-31(2,28)29/h4-12,25-26H,3H2,1-2H3. The van der Waals surface area contributed by atoms with E-state index in [1.807, 2.05) is 0 Å². The predicted molar refractivity (Wildman–Crippen MR) is 111 cm³/mol. The third kappa shape index (κ3) is 5.46. The first-order valence-electron chi connectivity index (χ1n) is 9.14. The average molecular weight is 452 g/mol. The number of alkyl halides is 3. The number of halogens is 3. The molecule has 0 fully saturated rings. The smallest absolute Gasteiger partial charge is 0.416 e. The molecule has 1 aromatic heterocycles. The van der Waals surface area contributed by atoms with Gasteiger partial charge in [-0.05, 0) is 48.4 Å². The Balaban J connectivity index is 2.01. The van der Waals surface area contributed by atoms with Crippen molar-refractivity contribution < 1.29 is 31.1 Å². The Morgan fingerprint density at radius 3 is 2.13 bits per heavy atom. The van der Waals surface area contributed by atoms with Crippen molar-refractivity contribution >= 4 is 21.7 Å². The summed E-state index contributed by atoms with van der Waals surface area (Å²) in [6, 6.07) is 12.3. The summed E-state index contributed by atoms with van der Waals surface area (Å²) in [4.78, 5) is 15.5. The van der Waals surface area contributed by atoms with Crippen LogP contribution >= 0.6 is 0 Å². The molecule has 0 aliphatic heterocycles. The maximum Gasteiger partial charge on any atom is 0.416 e. The minimum atomic E-state index is -4.45. The Labute approximate surface area is 177 Å². The van der Waals surface area contributed by atoms with Crippen molar-refractivity contribution in [1.82, 2.24) is 4.98 Å². The molecule has 2 N–H and O–H groups in total. The van der Waals surface area contributed by atoms with Crippen molar-refractivity contribution in [2.75, 3.05) is 17.6 Å². The lowest BCUT2D eigenvalue weighted by Gasteiger charge is -2.07. The first kappa shape index (κ1) is 22.4. The Kier molecular flexibility index (Phi) is 6.12. The van der Waals surface area contributed by atoms with Gasteiger partial charge in [0.15, 0.2) is 0 Å². The highest BCUT2D eigenvalue weighted by atomic mass is 32.2. The number of esters is 1. The van der Waals surface area contributed by atoms with Crippen LogP contribution in [0.1, 0.15) is 22.8 Å². The minimum absolute atomic E-state index is 0.149. The van der Waals surface area contributed by atoms with Gasteiger partial charge >= 0.3 is 12.1 Å². The molecule has 0 amide bonds. The number of sulfonamides is 1. The van der Waals surface area contributed by atoms with Crippen molar-refractivity contribution in [3.05, 3.63) is 65.7 Å². The molecule has 3 rings (SSSR count). The van der Waals surface area contributed by atoms with Crippen LogP contribution in [0.3, 0.4) is 0 Å². The summed E-state index contributed by atoms with van der Waals surface area (Å²) >= 11 is 0. The fourth-order valence-corrected chi connectivity index (χ4v) is 3.53. The van der Waals surface area contributed by atoms with E-state index in [2.05, 4.69) is 9.71 Å². The quantitative estimate of drug-likeness (QED) is 0.520. The van der Waals surface area contributed by atoms with Crippen LogP contribution in [-0.2, 0) is 20.9 Å². The van der Waals surface area contributed by atoms with Crippen molar-refractivity contribution in [3.8, 4) is 22.5 Å². The predicted octanol–water partition coefficient (Wildman–Crippen LogP) is 4.92. The number of ether oxygens (including phenoxy) is 1. The normalized spacial score (nSPS) is 11.9. The monoisotopic (exact) mass is 452 g/mol. The molecular formula is C21H19F3N2O4S. The van der Waals surface area contributed by atoms with Crippen molar-refractivity contribution in [2.24, 2.45) is 0 Å². The summed E-state index contributed by atoms with van der Waals surface area (Å²) in [5.74, 6) is -0.592. The molecule has 0 spiro atoms. The zero-order valence-corrected chi connectivity index (χ0v) is 17.4. The third-order valence-electron chi connectivity index (χ3n) is 4.31. The average Bonchev–Trinajstić information content (AvgIpc) is 3.12. The molecule has 6 nitrogen and oxygen atoms in total. The summed E-state index contributed by atoms with van der Waals surface area (Å²) in [5.41, 5.74) is 1.64. The summed E-state index contributed by atoms with van der Waals surface area (Å²) in [7, 11) is -3.44. The maximum atomic E-state index is 12.8. The fourth-order valence-electron chi connectivity index (χ4n) is 2.97. The van der Waals surface area contributed by atoms with E-state index in [9.17, 15) is 26.4 Å². The minimum Gasteiger partial charge on any atom is -0.462 e. The van der Waals surface area contributed by atoms with Gasteiger partial charge in [-0.15, -0.1) is 0 Å². The number of carbonyl (C=O) groups is 1. The molecule has 0 saturated carbocycles. The van der Waals surface area contributed by atoms with Crippen molar-refractivity contribution in [1.29, 1.82) is 0 Å². The molecule has 0 atom stereocenters. The number of nitrogens with one attached hydrogen (secondary N) is 2. The molecule has 0 bridgehead atoms. The Hall–Kier alpha value is -3.27.